The van der Waals surface area contributed by atoms with Crippen LogP contribution < -0.4 is 0 Å². The van der Waals surface area contributed by atoms with Crippen LogP contribution in [0.2, 0.25) is 0 Å². The van der Waals surface area contributed by atoms with Gasteiger partial charge in [0.2, 0.25) is 0 Å². The van der Waals surface area contributed by atoms with Gasteiger partial charge in [0, 0.05) is 6.20 Å². The Kier molecular flexibility index (Phi) is 10.9. The van der Waals surface area contributed by atoms with Gasteiger partial charge < -0.3 is 4.74 Å². The molecule has 6 heteroatoms. The summed E-state index contributed by atoms with van der Waals surface area (Å²) >= 11 is 1.56. The van der Waals surface area contributed by atoms with Crippen LogP contribution in [0.15, 0.2) is 24.4 Å². The first kappa shape index (κ1) is 17.9. The first-order valence-electron chi connectivity index (χ1n) is 4.44. The number of ether oxygens (including phenoxy) is 1. The molecule has 1 N–H and O–H groups in total. The molecule has 16 heavy (non-hydrogen) atoms. The van der Waals surface area contributed by atoms with Crippen molar-refractivity contribution in [2.24, 2.45) is 0 Å². The van der Waals surface area contributed by atoms with Crippen molar-refractivity contribution >= 4 is 42.5 Å². The minimum absolute atomic E-state index is 0. The van der Waals surface area contributed by atoms with Crippen LogP contribution in [-0.4, -0.2) is 23.7 Å². The molecule has 0 spiro atoms. The predicted molar refractivity (Wildman–Crippen MR) is 74.3 cm³/mol. The van der Waals surface area contributed by atoms with Gasteiger partial charge in [-0.3, -0.25) is 10.4 Å². The van der Waals surface area contributed by atoms with E-state index in [1.807, 2.05) is 31.4 Å². The third kappa shape index (κ3) is 5.05. The number of halogens is 2. The summed E-state index contributed by atoms with van der Waals surface area (Å²) in [6, 6.07) is 5.70. The number of nitrogens with one attached hydrogen (secondary N) is 1. The molecule has 0 aliphatic heterocycles. The molecule has 1 unspecified atom stereocenters. The van der Waals surface area contributed by atoms with E-state index in [0.29, 0.717) is 6.61 Å². The van der Waals surface area contributed by atoms with Crippen LogP contribution in [0, 0.1) is 5.41 Å². The molecule has 3 nitrogen and oxygen atoms in total. The highest BCUT2D eigenvalue weighted by Gasteiger charge is 2.17. The number of hydrogen-bond acceptors (Lipinski definition) is 4. The molecule has 1 heterocycles. The van der Waals surface area contributed by atoms with Gasteiger partial charge in [-0.05, 0) is 25.3 Å². The van der Waals surface area contributed by atoms with Gasteiger partial charge in [-0.2, -0.15) is 0 Å². The molecular formula is C10H16Cl2N2OS. The number of thioether (sulfide) groups is 1. The van der Waals surface area contributed by atoms with E-state index in [9.17, 15) is 0 Å². The second-order valence-corrected chi connectivity index (χ2v) is 3.61. The van der Waals surface area contributed by atoms with Crippen LogP contribution in [0.25, 0.3) is 0 Å². The fraction of sp³-hybridized carbons (Fsp3) is 0.400. The largest absolute Gasteiger partial charge is 0.480 e. The Morgan fingerprint density at radius 1 is 1.50 bits per heavy atom. The summed E-state index contributed by atoms with van der Waals surface area (Å²) in [7, 11) is 0. The number of rotatable bonds is 4. The Bertz CT molecular complexity index is 298. The molecule has 0 fully saturated rings. The Morgan fingerprint density at radius 2 is 2.19 bits per heavy atom. The van der Waals surface area contributed by atoms with E-state index >= 15 is 0 Å². The van der Waals surface area contributed by atoms with Crippen molar-refractivity contribution in [3.05, 3.63) is 30.1 Å². The topological polar surface area (TPSA) is 46.0 Å². The molecule has 1 aromatic rings. The van der Waals surface area contributed by atoms with Crippen LogP contribution >= 0.6 is 36.6 Å². The number of pyridine rings is 1. The second-order valence-electron chi connectivity index (χ2n) is 2.67. The minimum atomic E-state index is -0.0869. The fourth-order valence-electron chi connectivity index (χ4n) is 1.12. The van der Waals surface area contributed by atoms with Crippen molar-refractivity contribution in [3.8, 4) is 0 Å². The quantitative estimate of drug-likeness (QED) is 0.681. The lowest BCUT2D eigenvalue weighted by Crippen LogP contribution is -2.13. The van der Waals surface area contributed by atoms with Gasteiger partial charge in [0.15, 0.2) is 5.90 Å². The molecule has 1 aromatic heterocycles. The van der Waals surface area contributed by atoms with Crippen LogP contribution in [0.3, 0.4) is 0 Å². The Balaban J connectivity index is 0. The Hall–Kier alpha value is -0.450. The Morgan fingerprint density at radius 3 is 2.62 bits per heavy atom. The number of hydrogen-bond donors (Lipinski definition) is 1. The van der Waals surface area contributed by atoms with Gasteiger partial charge in [-0.15, -0.1) is 36.6 Å². The summed E-state index contributed by atoms with van der Waals surface area (Å²) in [4.78, 5) is 4.21. The van der Waals surface area contributed by atoms with Gasteiger partial charge in [0.25, 0.3) is 0 Å². The average molecular weight is 283 g/mol. The van der Waals surface area contributed by atoms with E-state index in [4.69, 9.17) is 10.1 Å². The van der Waals surface area contributed by atoms with E-state index in [1.165, 1.54) is 0 Å². The van der Waals surface area contributed by atoms with E-state index in [1.54, 1.807) is 18.0 Å². The smallest absolute Gasteiger partial charge is 0.200 e. The van der Waals surface area contributed by atoms with Crippen LogP contribution in [-0.2, 0) is 4.74 Å². The minimum Gasteiger partial charge on any atom is -0.480 e. The van der Waals surface area contributed by atoms with Gasteiger partial charge >= 0.3 is 0 Å². The lowest BCUT2D eigenvalue weighted by atomic mass is 10.2. The van der Waals surface area contributed by atoms with Crippen molar-refractivity contribution in [3.63, 3.8) is 0 Å². The van der Waals surface area contributed by atoms with Crippen molar-refractivity contribution in [1.29, 1.82) is 5.41 Å². The second kappa shape index (κ2) is 9.75. The first-order chi connectivity index (χ1) is 6.79. The van der Waals surface area contributed by atoms with E-state index in [0.717, 1.165) is 5.69 Å². The third-order valence-corrected chi connectivity index (χ3v) is 2.66. The molecule has 0 amide bonds. The summed E-state index contributed by atoms with van der Waals surface area (Å²) in [5, 5.41) is 7.61. The van der Waals surface area contributed by atoms with Crippen LogP contribution in [0.5, 0.6) is 0 Å². The first-order valence-corrected chi connectivity index (χ1v) is 5.73. The summed E-state index contributed by atoms with van der Waals surface area (Å²) < 4.78 is 5.17. The summed E-state index contributed by atoms with van der Waals surface area (Å²) in [6.45, 7) is 2.41. The molecule has 92 valence electrons. The maximum atomic E-state index is 7.70. The third-order valence-electron chi connectivity index (χ3n) is 1.73. The molecule has 0 aliphatic rings. The van der Waals surface area contributed by atoms with E-state index in [2.05, 4.69) is 4.98 Å². The van der Waals surface area contributed by atoms with Crippen molar-refractivity contribution < 1.29 is 4.74 Å². The SMILES string of the molecule is CCOC(=N)C(SC)c1ccccn1.Cl.Cl. The zero-order valence-electron chi connectivity index (χ0n) is 9.17. The average Bonchev–Trinajstić information content (AvgIpc) is 2.21. The normalized spacial score (nSPS) is 10.6. The predicted octanol–water partition coefficient (Wildman–Crippen LogP) is 3.34. The summed E-state index contributed by atoms with van der Waals surface area (Å²) in [5.41, 5.74) is 0.874. The van der Waals surface area contributed by atoms with Crippen molar-refractivity contribution in [2.45, 2.75) is 12.2 Å². The summed E-state index contributed by atoms with van der Waals surface area (Å²) in [6.07, 6.45) is 3.69. The molecule has 0 aliphatic carbocycles. The highest BCUT2D eigenvalue weighted by atomic mass is 35.5. The van der Waals surface area contributed by atoms with Crippen LogP contribution in [0.1, 0.15) is 17.9 Å². The zero-order chi connectivity index (χ0) is 10.4. The monoisotopic (exact) mass is 282 g/mol. The van der Waals surface area contributed by atoms with Crippen LogP contribution in [0.4, 0.5) is 0 Å². The molecule has 0 saturated heterocycles. The maximum Gasteiger partial charge on any atom is 0.200 e. The lowest BCUT2D eigenvalue weighted by molar-refractivity contribution is 0.316. The highest BCUT2D eigenvalue weighted by Crippen LogP contribution is 2.26. The molecular weight excluding hydrogens is 267 g/mol. The van der Waals surface area contributed by atoms with E-state index in [-0.39, 0.29) is 36.0 Å². The Labute approximate surface area is 113 Å². The van der Waals surface area contributed by atoms with Gasteiger partial charge in [-0.25, -0.2) is 0 Å². The van der Waals surface area contributed by atoms with Gasteiger partial charge in [-0.1, -0.05) is 6.07 Å². The van der Waals surface area contributed by atoms with Gasteiger partial charge in [0.1, 0.15) is 5.25 Å². The number of nitrogens with zero attached hydrogens (tertiary/aromatic N) is 1. The lowest BCUT2D eigenvalue weighted by Gasteiger charge is -2.14. The van der Waals surface area contributed by atoms with Gasteiger partial charge in [0.05, 0.1) is 12.3 Å². The number of aromatic nitrogens is 1. The van der Waals surface area contributed by atoms with Crippen molar-refractivity contribution in [1.82, 2.24) is 4.98 Å². The van der Waals surface area contributed by atoms with Crippen molar-refractivity contribution in [2.75, 3.05) is 12.9 Å². The standard InChI is InChI=1S/C10H14N2OS.2ClH/c1-3-13-10(11)9(14-2)8-6-4-5-7-12-8;;/h4-7,9,11H,3H2,1-2H3;2*1H. The molecule has 0 bridgehead atoms. The molecule has 0 radical (unpaired) electrons. The molecule has 0 aromatic carbocycles. The van der Waals surface area contributed by atoms with E-state index < -0.39 is 0 Å². The fourth-order valence-corrected chi connectivity index (χ4v) is 1.79. The maximum absolute atomic E-state index is 7.70. The molecule has 1 rings (SSSR count). The highest BCUT2D eigenvalue weighted by molar-refractivity contribution is 7.99. The molecule has 0 saturated carbocycles. The zero-order valence-corrected chi connectivity index (χ0v) is 11.6. The molecule has 1 atom stereocenters. The summed E-state index contributed by atoms with van der Waals surface area (Å²) in [5.74, 6) is 0.277.